The molecule has 21 heavy (non-hydrogen) atoms. The molecule has 0 saturated carbocycles. The van der Waals surface area contributed by atoms with E-state index in [1.165, 1.54) is 5.56 Å². The Morgan fingerprint density at radius 3 is 2.67 bits per heavy atom. The van der Waals surface area contributed by atoms with Crippen molar-refractivity contribution < 1.29 is 4.79 Å². The quantitative estimate of drug-likeness (QED) is 0.901. The van der Waals surface area contributed by atoms with Crippen molar-refractivity contribution in [1.29, 1.82) is 0 Å². The van der Waals surface area contributed by atoms with Gasteiger partial charge in [0, 0.05) is 35.4 Å². The molecule has 0 atom stereocenters. The van der Waals surface area contributed by atoms with Gasteiger partial charge in [-0.1, -0.05) is 34.1 Å². The molecule has 0 bridgehead atoms. The van der Waals surface area contributed by atoms with E-state index in [2.05, 4.69) is 33.4 Å². The van der Waals surface area contributed by atoms with Crippen molar-refractivity contribution in [2.24, 2.45) is 0 Å². The topological polar surface area (TPSA) is 32.3 Å². The summed E-state index contributed by atoms with van der Waals surface area (Å²) in [5.74, 6) is 0.222. The molecule has 0 aliphatic carbocycles. The average Bonchev–Trinajstić information content (AvgIpc) is 2.93. The van der Waals surface area contributed by atoms with Gasteiger partial charge in [0.2, 0.25) is 5.91 Å². The van der Waals surface area contributed by atoms with E-state index in [4.69, 9.17) is 0 Å². The fourth-order valence-electron chi connectivity index (χ4n) is 2.51. The minimum atomic E-state index is 0.222. The van der Waals surface area contributed by atoms with Crippen molar-refractivity contribution in [2.75, 3.05) is 16.8 Å². The molecule has 1 aliphatic heterocycles. The fraction of sp³-hybridized carbons (Fsp3) is 0.235. The molecule has 3 nitrogen and oxygen atoms in total. The number of carbonyl (C=O) groups is 1. The monoisotopic (exact) mass is 344 g/mol. The molecule has 108 valence electrons. The van der Waals surface area contributed by atoms with Crippen LogP contribution >= 0.6 is 15.9 Å². The molecule has 3 rings (SSSR count). The lowest BCUT2D eigenvalue weighted by Gasteiger charge is -2.17. The number of nitrogens with one attached hydrogen (secondary N) is 1. The van der Waals surface area contributed by atoms with Crippen LogP contribution in [0.1, 0.15) is 18.4 Å². The third-order valence-electron chi connectivity index (χ3n) is 3.64. The number of anilines is 2. The number of amides is 1. The van der Waals surface area contributed by atoms with E-state index in [0.29, 0.717) is 6.42 Å². The van der Waals surface area contributed by atoms with Crippen LogP contribution in [0.5, 0.6) is 0 Å². The van der Waals surface area contributed by atoms with Crippen molar-refractivity contribution in [2.45, 2.75) is 19.4 Å². The summed E-state index contributed by atoms with van der Waals surface area (Å²) >= 11 is 3.44. The second-order valence-electron chi connectivity index (χ2n) is 5.18. The van der Waals surface area contributed by atoms with Crippen molar-refractivity contribution >= 4 is 33.2 Å². The first-order valence-electron chi connectivity index (χ1n) is 7.11. The second-order valence-corrected chi connectivity index (χ2v) is 6.09. The van der Waals surface area contributed by atoms with Crippen LogP contribution in [-0.4, -0.2) is 12.5 Å². The molecule has 1 amide bonds. The van der Waals surface area contributed by atoms with Gasteiger partial charge in [-0.25, -0.2) is 0 Å². The zero-order valence-electron chi connectivity index (χ0n) is 11.7. The second kappa shape index (κ2) is 6.31. The van der Waals surface area contributed by atoms with Crippen molar-refractivity contribution in [3.8, 4) is 0 Å². The van der Waals surface area contributed by atoms with E-state index < -0.39 is 0 Å². The summed E-state index contributed by atoms with van der Waals surface area (Å²) in [4.78, 5) is 13.7. The molecule has 2 aromatic rings. The largest absolute Gasteiger partial charge is 0.381 e. The van der Waals surface area contributed by atoms with Gasteiger partial charge in [0.25, 0.3) is 0 Å². The van der Waals surface area contributed by atoms with Gasteiger partial charge < -0.3 is 10.2 Å². The molecule has 4 heteroatoms. The molecule has 2 aromatic carbocycles. The highest BCUT2D eigenvalue weighted by molar-refractivity contribution is 9.10. The first kappa shape index (κ1) is 14.1. The highest BCUT2D eigenvalue weighted by atomic mass is 79.9. The van der Waals surface area contributed by atoms with Crippen molar-refractivity contribution in [3.05, 3.63) is 58.6 Å². The fourth-order valence-corrected chi connectivity index (χ4v) is 2.78. The maximum absolute atomic E-state index is 11.8. The lowest BCUT2D eigenvalue weighted by atomic mass is 10.2. The summed E-state index contributed by atoms with van der Waals surface area (Å²) in [6, 6.07) is 16.3. The first-order valence-corrected chi connectivity index (χ1v) is 7.90. The van der Waals surface area contributed by atoms with E-state index in [9.17, 15) is 4.79 Å². The zero-order valence-corrected chi connectivity index (χ0v) is 13.3. The van der Waals surface area contributed by atoms with Crippen LogP contribution in [0.15, 0.2) is 53.0 Å². The summed E-state index contributed by atoms with van der Waals surface area (Å²) in [6.07, 6.45) is 1.62. The Hall–Kier alpha value is -1.81. The number of hydrogen-bond donors (Lipinski definition) is 1. The number of hydrogen-bond acceptors (Lipinski definition) is 2. The van der Waals surface area contributed by atoms with E-state index in [1.807, 2.05) is 41.3 Å². The Bertz CT molecular complexity index is 639. The van der Waals surface area contributed by atoms with Crippen LogP contribution in [0.2, 0.25) is 0 Å². The number of carbonyl (C=O) groups excluding carboxylic acids is 1. The lowest BCUT2D eigenvalue weighted by molar-refractivity contribution is -0.117. The van der Waals surface area contributed by atoms with Crippen LogP contribution in [0.4, 0.5) is 11.4 Å². The summed E-state index contributed by atoms with van der Waals surface area (Å²) in [5, 5.41) is 3.41. The van der Waals surface area contributed by atoms with E-state index in [1.54, 1.807) is 0 Å². The third kappa shape index (κ3) is 3.45. The van der Waals surface area contributed by atoms with Gasteiger partial charge in [-0.3, -0.25) is 4.79 Å². The number of halogens is 1. The van der Waals surface area contributed by atoms with Gasteiger partial charge in [-0.05, 0) is 42.3 Å². The summed E-state index contributed by atoms with van der Waals surface area (Å²) in [5.41, 5.74) is 3.24. The third-order valence-corrected chi connectivity index (χ3v) is 4.17. The maximum Gasteiger partial charge on any atom is 0.227 e. The van der Waals surface area contributed by atoms with E-state index in [0.717, 1.165) is 35.4 Å². The number of nitrogens with zero attached hydrogens (tertiary/aromatic N) is 1. The van der Waals surface area contributed by atoms with Crippen molar-refractivity contribution in [3.63, 3.8) is 0 Å². The smallest absolute Gasteiger partial charge is 0.227 e. The van der Waals surface area contributed by atoms with Gasteiger partial charge in [0.15, 0.2) is 0 Å². The molecule has 0 radical (unpaired) electrons. The van der Waals surface area contributed by atoms with Crippen LogP contribution < -0.4 is 10.2 Å². The molecular weight excluding hydrogens is 328 g/mol. The van der Waals surface area contributed by atoms with Gasteiger partial charge >= 0.3 is 0 Å². The summed E-state index contributed by atoms with van der Waals surface area (Å²) in [7, 11) is 0. The first-order chi connectivity index (χ1) is 10.2. The number of benzene rings is 2. The Morgan fingerprint density at radius 2 is 1.95 bits per heavy atom. The van der Waals surface area contributed by atoms with Crippen LogP contribution in [0, 0.1) is 0 Å². The maximum atomic E-state index is 11.8. The molecule has 0 aromatic heterocycles. The molecule has 0 spiro atoms. The minimum absolute atomic E-state index is 0.222. The van der Waals surface area contributed by atoms with Gasteiger partial charge in [-0.15, -0.1) is 0 Å². The Balaban J connectivity index is 1.68. The predicted molar refractivity (Wildman–Crippen MR) is 89.5 cm³/mol. The Kier molecular flexibility index (Phi) is 4.25. The van der Waals surface area contributed by atoms with Crippen LogP contribution in [-0.2, 0) is 11.3 Å². The van der Waals surface area contributed by atoms with E-state index in [-0.39, 0.29) is 5.91 Å². The zero-order chi connectivity index (χ0) is 14.7. The van der Waals surface area contributed by atoms with Crippen LogP contribution in [0.25, 0.3) is 0 Å². The summed E-state index contributed by atoms with van der Waals surface area (Å²) in [6.45, 7) is 1.60. The van der Waals surface area contributed by atoms with Crippen LogP contribution in [0.3, 0.4) is 0 Å². The lowest BCUT2D eigenvalue weighted by Crippen LogP contribution is -2.23. The molecule has 1 N–H and O–H groups in total. The molecule has 1 saturated heterocycles. The average molecular weight is 345 g/mol. The predicted octanol–water partition coefficient (Wildman–Crippen LogP) is 4.19. The standard InChI is InChI=1S/C17H17BrN2O/c18-14-8-6-13(7-9-14)12-19-15-3-1-4-16(11-15)20-10-2-5-17(20)21/h1,3-4,6-9,11,19H,2,5,10,12H2. The van der Waals surface area contributed by atoms with E-state index >= 15 is 0 Å². The number of rotatable bonds is 4. The summed E-state index contributed by atoms with van der Waals surface area (Å²) < 4.78 is 1.08. The van der Waals surface area contributed by atoms with Crippen molar-refractivity contribution in [1.82, 2.24) is 0 Å². The highest BCUT2D eigenvalue weighted by Crippen LogP contribution is 2.24. The molecule has 0 unspecified atom stereocenters. The SMILES string of the molecule is O=C1CCCN1c1cccc(NCc2ccc(Br)cc2)c1. The highest BCUT2D eigenvalue weighted by Gasteiger charge is 2.21. The van der Waals surface area contributed by atoms with Gasteiger partial charge in [0.1, 0.15) is 0 Å². The Labute approximate surface area is 133 Å². The van der Waals surface area contributed by atoms with Gasteiger partial charge in [0.05, 0.1) is 0 Å². The minimum Gasteiger partial charge on any atom is -0.381 e. The molecule has 1 aliphatic rings. The molecule has 1 heterocycles. The molecule has 1 fully saturated rings. The normalized spacial score (nSPS) is 14.5. The molecular formula is C17H17BrN2O. The Morgan fingerprint density at radius 1 is 1.14 bits per heavy atom. The van der Waals surface area contributed by atoms with Gasteiger partial charge in [-0.2, -0.15) is 0 Å².